The number of alkyl halides is 3. The topological polar surface area (TPSA) is 79.0 Å². The van der Waals surface area contributed by atoms with Crippen molar-refractivity contribution in [3.8, 4) is 5.75 Å². The molecule has 0 amide bonds. The molecule has 0 radical (unpaired) electrons. The summed E-state index contributed by atoms with van der Waals surface area (Å²) in [6.07, 6.45) is -3.07. The van der Waals surface area contributed by atoms with Crippen LogP contribution < -0.4 is 20.7 Å². The number of nitrogens with one attached hydrogen (secondary N) is 1. The molecule has 2 heterocycles. The van der Waals surface area contributed by atoms with E-state index in [1.54, 1.807) is 12.3 Å². The van der Waals surface area contributed by atoms with E-state index in [9.17, 15) is 13.2 Å². The van der Waals surface area contributed by atoms with Gasteiger partial charge < -0.3 is 25.6 Å². The van der Waals surface area contributed by atoms with Crippen LogP contribution in [-0.2, 0) is 6.54 Å². The van der Waals surface area contributed by atoms with Gasteiger partial charge in [-0.3, -0.25) is 0 Å². The van der Waals surface area contributed by atoms with Crippen molar-refractivity contribution in [1.29, 1.82) is 0 Å². The van der Waals surface area contributed by atoms with Gasteiger partial charge in [-0.15, -0.1) is 13.2 Å². The van der Waals surface area contributed by atoms with E-state index in [0.717, 1.165) is 37.6 Å². The first-order valence-corrected chi connectivity index (χ1v) is 9.10. The Bertz CT molecular complexity index is 850. The fraction of sp³-hybridized carbons (Fsp3) is 0.368. The van der Waals surface area contributed by atoms with Gasteiger partial charge in [-0.25, -0.2) is 9.98 Å². The quantitative estimate of drug-likeness (QED) is 0.585. The molecule has 0 bridgehead atoms. The molecule has 10 heteroatoms. The van der Waals surface area contributed by atoms with Crippen LogP contribution in [0.4, 0.5) is 24.7 Å². The molecule has 3 N–H and O–H groups in total. The minimum absolute atomic E-state index is 0.0128. The Morgan fingerprint density at radius 1 is 1.21 bits per heavy atom. The lowest BCUT2D eigenvalue weighted by molar-refractivity contribution is -0.274. The number of nitrogens with zero attached hydrogens (tertiary/aromatic N) is 4. The molecule has 29 heavy (non-hydrogen) atoms. The Morgan fingerprint density at radius 3 is 2.66 bits per heavy atom. The summed E-state index contributed by atoms with van der Waals surface area (Å²) in [5.74, 6) is 0.488. The number of nitrogens with two attached hydrogens (primary N) is 1. The molecule has 0 atom stereocenters. The molecule has 1 aliphatic rings. The largest absolute Gasteiger partial charge is 0.573 e. The normalized spacial score (nSPS) is 16.0. The summed E-state index contributed by atoms with van der Waals surface area (Å²) >= 11 is 0. The lowest BCUT2D eigenvalue weighted by atomic mass is 10.2. The third-order valence-electron chi connectivity index (χ3n) is 4.44. The van der Waals surface area contributed by atoms with E-state index in [-0.39, 0.29) is 23.9 Å². The van der Waals surface area contributed by atoms with E-state index in [1.807, 2.05) is 12.1 Å². The van der Waals surface area contributed by atoms with Crippen molar-refractivity contribution in [3.63, 3.8) is 0 Å². The summed E-state index contributed by atoms with van der Waals surface area (Å²) in [5.41, 5.74) is 6.84. The number of hydrogen-bond donors (Lipinski definition) is 2. The number of pyridine rings is 1. The number of aromatic nitrogens is 1. The zero-order valence-corrected chi connectivity index (χ0v) is 16.0. The van der Waals surface area contributed by atoms with Gasteiger partial charge in [-0.1, -0.05) is 12.1 Å². The number of guanidine groups is 1. The van der Waals surface area contributed by atoms with Crippen molar-refractivity contribution < 1.29 is 17.9 Å². The van der Waals surface area contributed by atoms with E-state index in [4.69, 9.17) is 5.73 Å². The maximum absolute atomic E-state index is 12.5. The molecular formula is C19H23F3N6O. The Hall–Kier alpha value is -3.01. The van der Waals surface area contributed by atoms with Gasteiger partial charge in [0.25, 0.3) is 0 Å². The Morgan fingerprint density at radius 2 is 1.93 bits per heavy atom. The molecule has 1 fully saturated rings. The molecule has 1 saturated heterocycles. The highest BCUT2D eigenvalue weighted by Gasteiger charge is 2.32. The predicted molar refractivity (Wildman–Crippen MR) is 106 cm³/mol. The summed E-state index contributed by atoms with van der Waals surface area (Å²) in [7, 11) is 2.09. The van der Waals surface area contributed by atoms with Crippen LogP contribution in [0.3, 0.4) is 0 Å². The van der Waals surface area contributed by atoms with Crippen molar-refractivity contribution in [1.82, 2.24) is 9.88 Å². The predicted octanol–water partition coefficient (Wildman–Crippen LogP) is 2.66. The molecule has 1 aromatic heterocycles. The molecule has 156 valence electrons. The Balaban J connectivity index is 1.64. The highest BCUT2D eigenvalue weighted by molar-refractivity contribution is 5.93. The van der Waals surface area contributed by atoms with E-state index < -0.39 is 6.36 Å². The Labute approximate surface area is 167 Å². The lowest BCUT2D eigenvalue weighted by Gasteiger charge is -2.33. The van der Waals surface area contributed by atoms with Crippen LogP contribution in [0.5, 0.6) is 5.75 Å². The average molecular weight is 408 g/mol. The summed E-state index contributed by atoms with van der Waals surface area (Å²) in [4.78, 5) is 13.1. The number of piperazine rings is 1. The van der Waals surface area contributed by atoms with Gasteiger partial charge in [-0.2, -0.15) is 0 Å². The molecule has 0 spiro atoms. The first kappa shape index (κ1) is 20.7. The van der Waals surface area contributed by atoms with Crippen LogP contribution >= 0.6 is 0 Å². The number of ether oxygens (including phenoxy) is 1. The number of hydrogen-bond acceptors (Lipinski definition) is 5. The van der Waals surface area contributed by atoms with Gasteiger partial charge >= 0.3 is 6.36 Å². The van der Waals surface area contributed by atoms with Gasteiger partial charge in [-0.05, 0) is 36.9 Å². The molecule has 0 aliphatic carbocycles. The first-order valence-electron chi connectivity index (χ1n) is 9.10. The van der Waals surface area contributed by atoms with Gasteiger partial charge in [0.1, 0.15) is 5.82 Å². The monoisotopic (exact) mass is 408 g/mol. The minimum Gasteiger partial charge on any atom is -0.404 e. The van der Waals surface area contributed by atoms with E-state index in [0.29, 0.717) is 0 Å². The van der Waals surface area contributed by atoms with Crippen LogP contribution in [0, 0.1) is 0 Å². The maximum Gasteiger partial charge on any atom is 0.573 e. The summed E-state index contributed by atoms with van der Waals surface area (Å²) in [5, 5.41) is 2.66. The number of anilines is 2. The zero-order valence-electron chi connectivity index (χ0n) is 16.0. The molecule has 0 saturated carbocycles. The molecule has 1 aromatic carbocycles. The van der Waals surface area contributed by atoms with Gasteiger partial charge in [0, 0.05) is 32.4 Å². The molecule has 1 aliphatic heterocycles. The van der Waals surface area contributed by atoms with E-state index >= 15 is 0 Å². The highest BCUT2D eigenvalue weighted by Crippen LogP contribution is 2.29. The molecule has 7 nitrogen and oxygen atoms in total. The van der Waals surface area contributed by atoms with Gasteiger partial charge in [0.2, 0.25) is 0 Å². The molecule has 3 rings (SSSR count). The number of para-hydroxylation sites is 2. The van der Waals surface area contributed by atoms with Crippen LogP contribution in [-0.4, -0.2) is 55.4 Å². The van der Waals surface area contributed by atoms with Crippen molar-refractivity contribution in [2.75, 3.05) is 43.4 Å². The molecule has 0 unspecified atom stereocenters. The van der Waals surface area contributed by atoms with Crippen LogP contribution in [0.25, 0.3) is 0 Å². The number of benzene rings is 1. The van der Waals surface area contributed by atoms with Crippen LogP contribution in [0.2, 0.25) is 0 Å². The second-order valence-corrected chi connectivity index (χ2v) is 6.68. The fourth-order valence-corrected chi connectivity index (χ4v) is 2.90. The summed E-state index contributed by atoms with van der Waals surface area (Å²) in [6, 6.07) is 9.43. The number of aliphatic imine (C=N–C) groups is 1. The highest BCUT2D eigenvalue weighted by atomic mass is 19.4. The minimum atomic E-state index is -4.79. The average Bonchev–Trinajstić information content (AvgIpc) is 2.68. The fourth-order valence-electron chi connectivity index (χ4n) is 2.90. The standard InChI is InChI=1S/C19H23F3N6O/c1-27-8-10-28(11-9-27)17-12-14(6-7-24-17)13-25-18(23)26-15-4-2-3-5-16(15)29-19(20,21)22/h2-7,12H,8-11,13H2,1H3,(H3,23,25,26). The third kappa shape index (κ3) is 6.24. The smallest absolute Gasteiger partial charge is 0.404 e. The Kier molecular flexibility index (Phi) is 6.42. The number of halogens is 3. The third-order valence-corrected chi connectivity index (χ3v) is 4.44. The lowest BCUT2D eigenvalue weighted by Crippen LogP contribution is -2.44. The van der Waals surface area contributed by atoms with Crippen LogP contribution in [0.1, 0.15) is 5.56 Å². The van der Waals surface area contributed by atoms with Crippen molar-refractivity contribution in [2.45, 2.75) is 12.9 Å². The second kappa shape index (κ2) is 8.99. The number of rotatable bonds is 5. The first-order chi connectivity index (χ1) is 13.8. The maximum atomic E-state index is 12.5. The molecular weight excluding hydrogens is 385 g/mol. The molecule has 2 aromatic rings. The van der Waals surface area contributed by atoms with E-state index in [1.165, 1.54) is 18.2 Å². The summed E-state index contributed by atoms with van der Waals surface area (Å²) < 4.78 is 41.5. The zero-order chi connectivity index (χ0) is 20.9. The second-order valence-electron chi connectivity index (χ2n) is 6.68. The van der Waals surface area contributed by atoms with Crippen molar-refractivity contribution in [2.24, 2.45) is 10.7 Å². The van der Waals surface area contributed by atoms with Gasteiger partial charge in [0.05, 0.1) is 12.2 Å². The summed E-state index contributed by atoms with van der Waals surface area (Å²) in [6.45, 7) is 4.01. The van der Waals surface area contributed by atoms with Gasteiger partial charge in [0.15, 0.2) is 11.7 Å². The number of likely N-dealkylation sites (N-methyl/N-ethyl adjacent to an activating group) is 1. The van der Waals surface area contributed by atoms with Crippen molar-refractivity contribution in [3.05, 3.63) is 48.2 Å². The van der Waals surface area contributed by atoms with Crippen molar-refractivity contribution >= 4 is 17.5 Å². The van der Waals surface area contributed by atoms with E-state index in [2.05, 4.69) is 36.9 Å². The van der Waals surface area contributed by atoms with Crippen LogP contribution in [0.15, 0.2) is 47.6 Å². The SMILES string of the molecule is CN1CCN(c2cc(CN=C(N)Nc3ccccc3OC(F)(F)F)ccn2)CC1.